The van der Waals surface area contributed by atoms with Crippen LogP contribution in [0.4, 0.5) is 5.00 Å². The van der Waals surface area contributed by atoms with Gasteiger partial charge in [0, 0.05) is 20.1 Å². The molecule has 3 nitrogen and oxygen atoms in total. The molecule has 3 rings (SSSR count). The van der Waals surface area contributed by atoms with Crippen molar-refractivity contribution in [2.45, 2.75) is 19.4 Å². The standard InChI is InChI=1S/C16H18N2OS/c1-18-9-5-8-13-10-14(20-16(13)18)15(19)17-11-12-6-3-2-4-7-12/h2-4,6-7,10H,5,8-9,11H2,1H3,(H,17,19). The van der Waals surface area contributed by atoms with Crippen molar-refractivity contribution in [1.29, 1.82) is 0 Å². The molecule has 1 N–H and O–H groups in total. The van der Waals surface area contributed by atoms with Crippen molar-refractivity contribution < 1.29 is 4.79 Å². The third-order valence-electron chi connectivity index (χ3n) is 3.59. The van der Waals surface area contributed by atoms with Crippen LogP contribution in [0.2, 0.25) is 0 Å². The van der Waals surface area contributed by atoms with Crippen LogP contribution < -0.4 is 10.2 Å². The van der Waals surface area contributed by atoms with Gasteiger partial charge in [0.2, 0.25) is 0 Å². The quantitative estimate of drug-likeness (QED) is 0.940. The summed E-state index contributed by atoms with van der Waals surface area (Å²) in [5, 5.41) is 4.24. The number of nitrogens with zero attached hydrogens (tertiary/aromatic N) is 1. The molecule has 104 valence electrons. The molecule has 1 amide bonds. The van der Waals surface area contributed by atoms with Crippen molar-refractivity contribution >= 4 is 22.2 Å². The second-order valence-electron chi connectivity index (χ2n) is 5.13. The molecule has 1 aromatic carbocycles. The zero-order chi connectivity index (χ0) is 13.9. The number of carbonyl (C=O) groups is 1. The summed E-state index contributed by atoms with van der Waals surface area (Å²) < 4.78 is 0. The molecule has 4 heteroatoms. The maximum absolute atomic E-state index is 12.2. The summed E-state index contributed by atoms with van der Waals surface area (Å²) in [5.74, 6) is 0.0293. The number of anilines is 1. The zero-order valence-electron chi connectivity index (χ0n) is 11.6. The van der Waals surface area contributed by atoms with Gasteiger partial charge in [0.25, 0.3) is 5.91 Å². The van der Waals surface area contributed by atoms with Gasteiger partial charge in [-0.3, -0.25) is 4.79 Å². The molecule has 0 aliphatic carbocycles. The highest BCUT2D eigenvalue weighted by Gasteiger charge is 2.20. The monoisotopic (exact) mass is 286 g/mol. The van der Waals surface area contributed by atoms with E-state index in [1.54, 1.807) is 11.3 Å². The van der Waals surface area contributed by atoms with E-state index >= 15 is 0 Å². The maximum Gasteiger partial charge on any atom is 0.261 e. The number of amides is 1. The first-order valence-electron chi connectivity index (χ1n) is 6.90. The molecule has 0 radical (unpaired) electrons. The number of benzene rings is 1. The molecule has 0 atom stereocenters. The van der Waals surface area contributed by atoms with Crippen LogP contribution in [0.3, 0.4) is 0 Å². The van der Waals surface area contributed by atoms with E-state index in [2.05, 4.69) is 23.3 Å². The van der Waals surface area contributed by atoms with Crippen LogP contribution in [0.25, 0.3) is 0 Å². The van der Waals surface area contributed by atoms with E-state index in [9.17, 15) is 4.79 Å². The SMILES string of the molecule is CN1CCCc2cc(C(=O)NCc3ccccc3)sc21. The Bertz CT molecular complexity index is 606. The molecule has 20 heavy (non-hydrogen) atoms. The lowest BCUT2D eigenvalue weighted by Gasteiger charge is -2.23. The Balaban J connectivity index is 1.69. The number of nitrogens with one attached hydrogen (secondary N) is 1. The van der Waals surface area contributed by atoms with Crippen molar-refractivity contribution in [2.75, 3.05) is 18.5 Å². The van der Waals surface area contributed by atoms with E-state index in [0.717, 1.165) is 23.4 Å². The minimum absolute atomic E-state index is 0.0293. The summed E-state index contributed by atoms with van der Waals surface area (Å²) in [6, 6.07) is 12.0. The number of hydrogen-bond acceptors (Lipinski definition) is 3. The number of carbonyl (C=O) groups excluding carboxylic acids is 1. The summed E-state index contributed by atoms with van der Waals surface area (Å²) >= 11 is 1.60. The normalized spacial score (nSPS) is 13.9. The minimum Gasteiger partial charge on any atom is -0.366 e. The van der Waals surface area contributed by atoms with Gasteiger partial charge in [-0.2, -0.15) is 0 Å². The molecule has 1 aliphatic rings. The number of thiophene rings is 1. The van der Waals surface area contributed by atoms with Gasteiger partial charge in [-0.15, -0.1) is 11.3 Å². The van der Waals surface area contributed by atoms with E-state index in [1.165, 1.54) is 17.0 Å². The van der Waals surface area contributed by atoms with Crippen molar-refractivity contribution in [3.05, 3.63) is 52.4 Å². The van der Waals surface area contributed by atoms with Gasteiger partial charge in [0.05, 0.1) is 9.88 Å². The molecular formula is C16H18N2OS. The highest BCUT2D eigenvalue weighted by molar-refractivity contribution is 7.18. The first kappa shape index (κ1) is 13.2. The number of fused-ring (bicyclic) bond motifs is 1. The highest BCUT2D eigenvalue weighted by Crippen LogP contribution is 2.34. The predicted octanol–water partition coefficient (Wildman–Crippen LogP) is 3.06. The fourth-order valence-corrected chi connectivity index (χ4v) is 3.62. The van der Waals surface area contributed by atoms with Crippen LogP contribution in [0.15, 0.2) is 36.4 Å². The van der Waals surface area contributed by atoms with E-state index in [1.807, 2.05) is 30.3 Å². The fourth-order valence-electron chi connectivity index (χ4n) is 2.51. The molecule has 0 bridgehead atoms. The summed E-state index contributed by atoms with van der Waals surface area (Å²) in [4.78, 5) is 15.3. The first-order chi connectivity index (χ1) is 9.74. The van der Waals surface area contributed by atoms with Crippen molar-refractivity contribution in [2.24, 2.45) is 0 Å². The Hall–Kier alpha value is -1.81. The number of rotatable bonds is 3. The Morgan fingerprint density at radius 1 is 1.35 bits per heavy atom. The second kappa shape index (κ2) is 5.67. The lowest BCUT2D eigenvalue weighted by molar-refractivity contribution is 0.0955. The summed E-state index contributed by atoms with van der Waals surface area (Å²) in [6.07, 6.45) is 2.26. The molecule has 0 unspecified atom stereocenters. The van der Waals surface area contributed by atoms with E-state index < -0.39 is 0 Å². The summed E-state index contributed by atoms with van der Waals surface area (Å²) in [7, 11) is 2.10. The molecule has 2 heterocycles. The van der Waals surface area contributed by atoms with Crippen molar-refractivity contribution in [1.82, 2.24) is 5.32 Å². The van der Waals surface area contributed by atoms with Crippen LogP contribution in [0.5, 0.6) is 0 Å². The average molecular weight is 286 g/mol. The van der Waals surface area contributed by atoms with E-state index in [4.69, 9.17) is 0 Å². The lowest BCUT2D eigenvalue weighted by Crippen LogP contribution is -2.22. The van der Waals surface area contributed by atoms with Crippen LogP contribution in [-0.4, -0.2) is 19.5 Å². The maximum atomic E-state index is 12.2. The van der Waals surface area contributed by atoms with Crippen LogP contribution in [0.1, 0.15) is 27.2 Å². The van der Waals surface area contributed by atoms with Crippen LogP contribution in [0, 0.1) is 0 Å². The molecule has 1 aliphatic heterocycles. The topological polar surface area (TPSA) is 32.3 Å². The first-order valence-corrected chi connectivity index (χ1v) is 7.71. The van der Waals surface area contributed by atoms with E-state index in [0.29, 0.717) is 6.54 Å². The molecular weight excluding hydrogens is 268 g/mol. The third-order valence-corrected chi connectivity index (χ3v) is 4.88. The number of hydrogen-bond donors (Lipinski definition) is 1. The Labute approximate surface area is 123 Å². The highest BCUT2D eigenvalue weighted by atomic mass is 32.1. The van der Waals surface area contributed by atoms with Gasteiger partial charge in [-0.1, -0.05) is 30.3 Å². The zero-order valence-corrected chi connectivity index (χ0v) is 12.4. The summed E-state index contributed by atoms with van der Waals surface area (Å²) in [5.41, 5.74) is 2.44. The van der Waals surface area contributed by atoms with Gasteiger partial charge in [0.15, 0.2) is 0 Å². The molecule has 2 aromatic rings. The molecule has 0 saturated heterocycles. The Morgan fingerprint density at radius 3 is 2.90 bits per heavy atom. The largest absolute Gasteiger partial charge is 0.366 e. The molecule has 0 fully saturated rings. The Kier molecular flexibility index (Phi) is 3.74. The average Bonchev–Trinajstić information content (AvgIpc) is 2.91. The van der Waals surface area contributed by atoms with Gasteiger partial charge in [-0.25, -0.2) is 0 Å². The van der Waals surface area contributed by atoms with Gasteiger partial charge in [-0.05, 0) is 30.0 Å². The van der Waals surface area contributed by atoms with Gasteiger partial charge >= 0.3 is 0 Å². The van der Waals surface area contributed by atoms with Crippen molar-refractivity contribution in [3.63, 3.8) is 0 Å². The van der Waals surface area contributed by atoms with Crippen LogP contribution in [-0.2, 0) is 13.0 Å². The van der Waals surface area contributed by atoms with Gasteiger partial charge < -0.3 is 10.2 Å². The molecule has 0 saturated carbocycles. The second-order valence-corrected chi connectivity index (χ2v) is 6.17. The summed E-state index contributed by atoms with van der Waals surface area (Å²) in [6.45, 7) is 1.66. The number of aryl methyl sites for hydroxylation is 1. The predicted molar refractivity (Wildman–Crippen MR) is 83.5 cm³/mol. The Morgan fingerprint density at radius 2 is 2.15 bits per heavy atom. The fraction of sp³-hybridized carbons (Fsp3) is 0.312. The molecule has 0 spiro atoms. The van der Waals surface area contributed by atoms with E-state index in [-0.39, 0.29) is 5.91 Å². The minimum atomic E-state index is 0.0293. The third kappa shape index (κ3) is 2.70. The smallest absolute Gasteiger partial charge is 0.261 e. The molecule has 1 aromatic heterocycles. The van der Waals surface area contributed by atoms with Crippen molar-refractivity contribution in [3.8, 4) is 0 Å². The lowest BCUT2D eigenvalue weighted by atomic mass is 10.1. The van der Waals surface area contributed by atoms with Crippen LogP contribution >= 0.6 is 11.3 Å². The van der Waals surface area contributed by atoms with Gasteiger partial charge in [0.1, 0.15) is 0 Å².